The average Bonchev–Trinajstić information content (AvgIpc) is 2.70. The Morgan fingerprint density at radius 2 is 2.22 bits per heavy atom. The van der Waals surface area contributed by atoms with Crippen LogP contribution in [-0.4, -0.2) is 42.3 Å². The van der Waals surface area contributed by atoms with Gasteiger partial charge < -0.3 is 15.0 Å². The SMILES string of the molecule is COc1nc(N2CCC3CCC(C2)N3)ncc1Br. The van der Waals surface area contributed by atoms with Crippen LogP contribution in [0.5, 0.6) is 5.88 Å². The predicted molar refractivity (Wildman–Crippen MR) is 73.1 cm³/mol. The lowest BCUT2D eigenvalue weighted by Gasteiger charge is -2.24. The molecule has 0 saturated carbocycles. The van der Waals surface area contributed by atoms with E-state index in [4.69, 9.17) is 4.74 Å². The summed E-state index contributed by atoms with van der Waals surface area (Å²) in [5, 5.41) is 3.65. The molecule has 2 aliphatic heterocycles. The first-order valence-corrected chi connectivity index (χ1v) is 7.13. The van der Waals surface area contributed by atoms with Crippen molar-refractivity contribution >= 4 is 21.9 Å². The molecule has 1 aromatic rings. The molecule has 0 aromatic carbocycles. The van der Waals surface area contributed by atoms with Gasteiger partial charge in [0.05, 0.1) is 17.8 Å². The standard InChI is InChI=1S/C12H17BrN4O/c1-18-11-10(13)6-14-12(16-11)17-5-4-8-2-3-9(7-17)15-8/h6,8-9,15H,2-5,7H2,1H3. The van der Waals surface area contributed by atoms with Gasteiger partial charge in [0.1, 0.15) is 0 Å². The van der Waals surface area contributed by atoms with Gasteiger partial charge in [0.2, 0.25) is 11.8 Å². The molecule has 98 valence electrons. The lowest BCUT2D eigenvalue weighted by atomic mass is 10.1. The highest BCUT2D eigenvalue weighted by Gasteiger charge is 2.30. The molecule has 6 heteroatoms. The Kier molecular flexibility index (Phi) is 3.39. The van der Waals surface area contributed by atoms with E-state index in [1.165, 1.54) is 12.8 Å². The van der Waals surface area contributed by atoms with E-state index >= 15 is 0 Å². The topological polar surface area (TPSA) is 50.3 Å². The number of hydrogen-bond acceptors (Lipinski definition) is 5. The fourth-order valence-electron chi connectivity index (χ4n) is 2.76. The molecule has 0 spiro atoms. The molecule has 1 aromatic heterocycles. The van der Waals surface area contributed by atoms with Crippen LogP contribution in [0.4, 0.5) is 5.95 Å². The Balaban J connectivity index is 1.81. The second kappa shape index (κ2) is 5.01. The molecule has 0 radical (unpaired) electrons. The Morgan fingerprint density at radius 1 is 1.39 bits per heavy atom. The molecule has 2 fully saturated rings. The minimum Gasteiger partial charge on any atom is -0.480 e. The summed E-state index contributed by atoms with van der Waals surface area (Å²) in [6.45, 7) is 2.00. The molecule has 0 amide bonds. The van der Waals surface area contributed by atoms with Gasteiger partial charge in [0.15, 0.2) is 0 Å². The lowest BCUT2D eigenvalue weighted by molar-refractivity contribution is 0.393. The summed E-state index contributed by atoms with van der Waals surface area (Å²) in [6, 6.07) is 1.26. The summed E-state index contributed by atoms with van der Waals surface area (Å²) in [4.78, 5) is 11.1. The van der Waals surface area contributed by atoms with Crippen LogP contribution in [0.15, 0.2) is 10.7 Å². The summed E-state index contributed by atoms with van der Waals surface area (Å²) < 4.78 is 6.02. The van der Waals surface area contributed by atoms with Crippen LogP contribution < -0.4 is 15.0 Å². The molecule has 0 aliphatic carbocycles. The van der Waals surface area contributed by atoms with E-state index in [-0.39, 0.29) is 0 Å². The monoisotopic (exact) mass is 312 g/mol. The van der Waals surface area contributed by atoms with Crippen molar-refractivity contribution in [1.82, 2.24) is 15.3 Å². The molecule has 18 heavy (non-hydrogen) atoms. The van der Waals surface area contributed by atoms with E-state index in [9.17, 15) is 0 Å². The highest BCUT2D eigenvalue weighted by atomic mass is 79.9. The number of anilines is 1. The number of aromatic nitrogens is 2. The third-order valence-corrected chi connectivity index (χ3v) is 4.24. The van der Waals surface area contributed by atoms with Crippen molar-refractivity contribution in [3.8, 4) is 5.88 Å². The summed E-state index contributed by atoms with van der Waals surface area (Å²) in [5.74, 6) is 1.37. The predicted octanol–water partition coefficient (Wildman–Crippen LogP) is 1.58. The van der Waals surface area contributed by atoms with E-state index in [1.807, 2.05) is 0 Å². The van der Waals surface area contributed by atoms with Crippen LogP contribution in [0.3, 0.4) is 0 Å². The van der Waals surface area contributed by atoms with E-state index in [0.29, 0.717) is 18.0 Å². The maximum absolute atomic E-state index is 5.23. The molecule has 3 heterocycles. The van der Waals surface area contributed by atoms with E-state index in [0.717, 1.165) is 29.9 Å². The van der Waals surface area contributed by atoms with Crippen molar-refractivity contribution in [1.29, 1.82) is 0 Å². The molecule has 2 saturated heterocycles. The smallest absolute Gasteiger partial charge is 0.232 e. The first-order valence-electron chi connectivity index (χ1n) is 6.34. The number of fused-ring (bicyclic) bond motifs is 2. The van der Waals surface area contributed by atoms with Crippen molar-refractivity contribution < 1.29 is 4.74 Å². The highest BCUT2D eigenvalue weighted by Crippen LogP contribution is 2.26. The molecular weight excluding hydrogens is 296 g/mol. The zero-order chi connectivity index (χ0) is 12.5. The van der Waals surface area contributed by atoms with Gasteiger partial charge in [-0.05, 0) is 35.2 Å². The van der Waals surface area contributed by atoms with Crippen LogP contribution in [-0.2, 0) is 0 Å². The largest absolute Gasteiger partial charge is 0.480 e. The maximum Gasteiger partial charge on any atom is 0.232 e. The molecular formula is C12H17BrN4O. The molecule has 2 bridgehead atoms. The van der Waals surface area contributed by atoms with Crippen molar-refractivity contribution in [3.05, 3.63) is 10.7 Å². The average molecular weight is 313 g/mol. The van der Waals surface area contributed by atoms with E-state index in [2.05, 4.69) is 36.1 Å². The minimum atomic E-state index is 0.579. The number of methoxy groups -OCH3 is 1. The Labute approximate surface area is 115 Å². The number of ether oxygens (including phenoxy) is 1. The van der Waals surface area contributed by atoms with Crippen molar-refractivity contribution in [2.45, 2.75) is 31.3 Å². The summed E-state index contributed by atoms with van der Waals surface area (Å²) in [7, 11) is 1.63. The summed E-state index contributed by atoms with van der Waals surface area (Å²) in [5.41, 5.74) is 0. The van der Waals surface area contributed by atoms with Crippen molar-refractivity contribution in [2.24, 2.45) is 0 Å². The maximum atomic E-state index is 5.23. The normalized spacial score (nSPS) is 27.1. The molecule has 3 rings (SSSR count). The number of halogens is 1. The summed E-state index contributed by atoms with van der Waals surface area (Å²) >= 11 is 3.38. The van der Waals surface area contributed by atoms with Crippen LogP contribution >= 0.6 is 15.9 Å². The Morgan fingerprint density at radius 3 is 3.06 bits per heavy atom. The van der Waals surface area contributed by atoms with Gasteiger partial charge in [-0.1, -0.05) is 0 Å². The fourth-order valence-corrected chi connectivity index (χ4v) is 3.12. The second-order valence-electron chi connectivity index (χ2n) is 4.90. The zero-order valence-corrected chi connectivity index (χ0v) is 12.0. The third kappa shape index (κ3) is 2.31. The van der Waals surface area contributed by atoms with Crippen molar-refractivity contribution in [2.75, 3.05) is 25.1 Å². The second-order valence-corrected chi connectivity index (χ2v) is 5.75. The van der Waals surface area contributed by atoms with Gasteiger partial charge >= 0.3 is 0 Å². The Bertz CT molecular complexity index is 442. The van der Waals surface area contributed by atoms with Gasteiger partial charge in [-0.2, -0.15) is 4.98 Å². The molecule has 5 nitrogen and oxygen atoms in total. The number of nitrogens with one attached hydrogen (secondary N) is 1. The highest BCUT2D eigenvalue weighted by molar-refractivity contribution is 9.10. The molecule has 2 aliphatic rings. The number of rotatable bonds is 2. The van der Waals surface area contributed by atoms with Crippen LogP contribution in [0.2, 0.25) is 0 Å². The van der Waals surface area contributed by atoms with E-state index in [1.54, 1.807) is 13.3 Å². The lowest BCUT2D eigenvalue weighted by Crippen LogP contribution is -2.36. The third-order valence-electron chi connectivity index (χ3n) is 3.70. The molecule has 2 unspecified atom stereocenters. The van der Waals surface area contributed by atoms with Gasteiger partial charge in [-0.15, -0.1) is 0 Å². The Hall–Kier alpha value is -0.880. The first-order chi connectivity index (χ1) is 8.76. The van der Waals surface area contributed by atoms with E-state index < -0.39 is 0 Å². The van der Waals surface area contributed by atoms with Crippen LogP contribution in [0.25, 0.3) is 0 Å². The first kappa shape index (κ1) is 12.2. The fraction of sp³-hybridized carbons (Fsp3) is 0.667. The van der Waals surface area contributed by atoms with Gasteiger partial charge in [0.25, 0.3) is 0 Å². The number of nitrogens with zero attached hydrogens (tertiary/aromatic N) is 3. The molecule has 1 N–H and O–H groups in total. The zero-order valence-electron chi connectivity index (χ0n) is 10.4. The summed E-state index contributed by atoms with van der Waals surface area (Å²) in [6.07, 6.45) is 5.49. The van der Waals surface area contributed by atoms with Crippen LogP contribution in [0, 0.1) is 0 Å². The number of hydrogen-bond donors (Lipinski definition) is 1. The quantitative estimate of drug-likeness (QED) is 0.898. The van der Waals surface area contributed by atoms with Gasteiger partial charge in [0, 0.05) is 25.2 Å². The van der Waals surface area contributed by atoms with Gasteiger partial charge in [-0.3, -0.25) is 0 Å². The molecule has 2 atom stereocenters. The minimum absolute atomic E-state index is 0.579. The van der Waals surface area contributed by atoms with Gasteiger partial charge in [-0.25, -0.2) is 4.98 Å². The van der Waals surface area contributed by atoms with Crippen molar-refractivity contribution in [3.63, 3.8) is 0 Å². The van der Waals surface area contributed by atoms with Crippen LogP contribution in [0.1, 0.15) is 19.3 Å².